The van der Waals surface area contributed by atoms with E-state index in [1.165, 1.54) is 12.8 Å². The molecule has 0 aliphatic heterocycles. The fourth-order valence-corrected chi connectivity index (χ4v) is 3.43. The first-order chi connectivity index (χ1) is 13.8. The zero-order chi connectivity index (χ0) is 19.6. The number of benzene rings is 1. The molecule has 1 aliphatic rings. The van der Waals surface area contributed by atoms with Gasteiger partial charge in [0.1, 0.15) is 0 Å². The van der Waals surface area contributed by atoms with E-state index in [1.807, 2.05) is 24.3 Å². The number of aliphatic imine (C=N–C) groups is 1. The summed E-state index contributed by atoms with van der Waals surface area (Å²) in [6.07, 6.45) is 9.23. The Balaban J connectivity index is 1.57. The smallest absolute Gasteiger partial charge is 0.191 e. The molecular formula is C22H32N4O2. The van der Waals surface area contributed by atoms with E-state index in [0.717, 1.165) is 55.5 Å². The Morgan fingerprint density at radius 3 is 2.64 bits per heavy atom. The van der Waals surface area contributed by atoms with E-state index in [4.69, 9.17) is 14.5 Å². The molecule has 0 bridgehead atoms. The zero-order valence-electron chi connectivity index (χ0n) is 17.0. The molecule has 1 aromatic heterocycles. The van der Waals surface area contributed by atoms with Crippen molar-refractivity contribution in [2.45, 2.75) is 51.8 Å². The van der Waals surface area contributed by atoms with E-state index in [9.17, 15) is 0 Å². The van der Waals surface area contributed by atoms with Gasteiger partial charge in [-0.2, -0.15) is 0 Å². The van der Waals surface area contributed by atoms with Crippen molar-refractivity contribution in [2.24, 2.45) is 4.99 Å². The summed E-state index contributed by atoms with van der Waals surface area (Å²) >= 11 is 0. The molecule has 0 amide bonds. The molecular weight excluding hydrogens is 352 g/mol. The number of hydrogen-bond donors (Lipinski definition) is 2. The van der Waals surface area contributed by atoms with E-state index in [0.29, 0.717) is 12.6 Å². The second-order valence-electron chi connectivity index (χ2n) is 7.05. The molecule has 0 spiro atoms. The second kappa shape index (κ2) is 10.6. The van der Waals surface area contributed by atoms with Crippen LogP contribution in [0.1, 0.15) is 38.2 Å². The van der Waals surface area contributed by atoms with Crippen LogP contribution in [0, 0.1) is 0 Å². The molecule has 0 unspecified atom stereocenters. The molecule has 0 saturated heterocycles. The van der Waals surface area contributed by atoms with Crippen molar-refractivity contribution in [1.29, 1.82) is 0 Å². The summed E-state index contributed by atoms with van der Waals surface area (Å²) in [5, 5.41) is 6.67. The third-order valence-corrected chi connectivity index (χ3v) is 4.92. The fourth-order valence-electron chi connectivity index (χ4n) is 3.43. The van der Waals surface area contributed by atoms with Crippen molar-refractivity contribution < 1.29 is 9.47 Å². The van der Waals surface area contributed by atoms with Gasteiger partial charge in [-0.05, 0) is 62.4 Å². The lowest BCUT2D eigenvalue weighted by Gasteiger charge is -2.16. The maximum absolute atomic E-state index is 6.12. The summed E-state index contributed by atoms with van der Waals surface area (Å²) in [7, 11) is 1.69. The van der Waals surface area contributed by atoms with Gasteiger partial charge in [0.25, 0.3) is 0 Å². The Kier molecular flexibility index (Phi) is 7.64. The topological polar surface area (TPSA) is 59.8 Å². The van der Waals surface area contributed by atoms with Gasteiger partial charge in [0.2, 0.25) is 0 Å². The Morgan fingerprint density at radius 2 is 1.93 bits per heavy atom. The Morgan fingerprint density at radius 1 is 1.14 bits per heavy atom. The van der Waals surface area contributed by atoms with Crippen molar-refractivity contribution >= 4 is 5.96 Å². The van der Waals surface area contributed by atoms with E-state index in [2.05, 4.69) is 40.6 Å². The first-order valence-corrected chi connectivity index (χ1v) is 10.2. The molecule has 2 N–H and O–H groups in total. The number of nitrogens with one attached hydrogen (secondary N) is 2. The molecule has 1 heterocycles. The van der Waals surface area contributed by atoms with Gasteiger partial charge in [0.15, 0.2) is 17.5 Å². The van der Waals surface area contributed by atoms with Crippen LogP contribution in [0.2, 0.25) is 0 Å². The Labute approximate surface area is 168 Å². The lowest BCUT2D eigenvalue weighted by Crippen LogP contribution is -2.38. The second-order valence-corrected chi connectivity index (χ2v) is 7.05. The van der Waals surface area contributed by atoms with Crippen molar-refractivity contribution in [3.8, 4) is 11.5 Å². The van der Waals surface area contributed by atoms with Crippen LogP contribution in [-0.4, -0.2) is 36.8 Å². The molecule has 6 nitrogen and oxygen atoms in total. The molecule has 0 atom stereocenters. The monoisotopic (exact) mass is 384 g/mol. The van der Waals surface area contributed by atoms with Gasteiger partial charge >= 0.3 is 0 Å². The average Bonchev–Trinajstić information content (AvgIpc) is 3.41. The predicted octanol–water partition coefficient (Wildman–Crippen LogP) is 3.57. The Bertz CT molecular complexity index is 737. The molecule has 1 saturated carbocycles. The minimum atomic E-state index is 0.322. The van der Waals surface area contributed by atoms with Crippen molar-refractivity contribution in [1.82, 2.24) is 15.2 Å². The summed E-state index contributed by atoms with van der Waals surface area (Å²) in [5.74, 6) is 2.43. The standard InChI is InChI=1S/C22H32N4O2/c1-3-23-22(24-12-15-26-13-6-7-14-26)25-17-18-10-11-20(21(16-18)27-2)28-19-8-4-5-9-19/h6-7,10-11,13-14,16,19H,3-5,8-9,12,15,17H2,1-2H3,(H2,23,24,25). The van der Waals surface area contributed by atoms with Crippen molar-refractivity contribution in [3.05, 3.63) is 48.3 Å². The van der Waals surface area contributed by atoms with Crippen LogP contribution in [0.3, 0.4) is 0 Å². The van der Waals surface area contributed by atoms with E-state index < -0.39 is 0 Å². The molecule has 1 fully saturated rings. The zero-order valence-corrected chi connectivity index (χ0v) is 17.0. The van der Waals surface area contributed by atoms with Gasteiger partial charge in [-0.1, -0.05) is 6.07 Å². The van der Waals surface area contributed by atoms with E-state index in [1.54, 1.807) is 7.11 Å². The van der Waals surface area contributed by atoms with Crippen LogP contribution in [0.4, 0.5) is 0 Å². The summed E-state index contributed by atoms with van der Waals surface area (Å²) in [6, 6.07) is 10.2. The van der Waals surface area contributed by atoms with E-state index >= 15 is 0 Å². The Hall–Kier alpha value is -2.63. The van der Waals surface area contributed by atoms with Gasteiger partial charge in [-0.25, -0.2) is 4.99 Å². The number of hydrogen-bond acceptors (Lipinski definition) is 3. The average molecular weight is 385 g/mol. The number of methoxy groups -OCH3 is 1. The number of guanidine groups is 1. The van der Waals surface area contributed by atoms with Crippen molar-refractivity contribution in [2.75, 3.05) is 20.2 Å². The highest BCUT2D eigenvalue weighted by molar-refractivity contribution is 5.79. The lowest BCUT2D eigenvalue weighted by atomic mass is 10.2. The quantitative estimate of drug-likeness (QED) is 0.513. The van der Waals surface area contributed by atoms with Crippen LogP contribution < -0.4 is 20.1 Å². The van der Waals surface area contributed by atoms with Gasteiger partial charge < -0.3 is 24.7 Å². The fraction of sp³-hybridized carbons (Fsp3) is 0.500. The molecule has 1 aromatic carbocycles. The van der Waals surface area contributed by atoms with Crippen LogP contribution in [0.15, 0.2) is 47.7 Å². The lowest BCUT2D eigenvalue weighted by molar-refractivity contribution is 0.200. The first kappa shape index (κ1) is 20.1. The highest BCUT2D eigenvalue weighted by Gasteiger charge is 2.18. The van der Waals surface area contributed by atoms with E-state index in [-0.39, 0.29) is 0 Å². The first-order valence-electron chi connectivity index (χ1n) is 10.2. The number of rotatable bonds is 9. The molecule has 6 heteroatoms. The molecule has 0 radical (unpaired) electrons. The normalized spacial score (nSPS) is 14.9. The molecule has 2 aromatic rings. The number of ether oxygens (including phenoxy) is 2. The molecule has 152 valence electrons. The maximum atomic E-state index is 6.12. The molecule has 3 rings (SSSR count). The van der Waals surface area contributed by atoms with Crippen LogP contribution in [-0.2, 0) is 13.1 Å². The predicted molar refractivity (Wildman–Crippen MR) is 113 cm³/mol. The van der Waals surface area contributed by atoms with Gasteiger partial charge in [0, 0.05) is 32.0 Å². The molecule has 1 aliphatic carbocycles. The largest absolute Gasteiger partial charge is 0.493 e. The number of nitrogens with zero attached hydrogens (tertiary/aromatic N) is 2. The third kappa shape index (κ3) is 5.94. The highest BCUT2D eigenvalue weighted by Crippen LogP contribution is 2.32. The minimum Gasteiger partial charge on any atom is -0.493 e. The van der Waals surface area contributed by atoms with Crippen molar-refractivity contribution in [3.63, 3.8) is 0 Å². The van der Waals surface area contributed by atoms with Crippen LogP contribution in [0.25, 0.3) is 0 Å². The third-order valence-electron chi connectivity index (χ3n) is 4.92. The highest BCUT2D eigenvalue weighted by atomic mass is 16.5. The summed E-state index contributed by atoms with van der Waals surface area (Å²) < 4.78 is 13.8. The summed E-state index contributed by atoms with van der Waals surface area (Å²) in [4.78, 5) is 4.70. The van der Waals surface area contributed by atoms with Crippen LogP contribution in [0.5, 0.6) is 11.5 Å². The van der Waals surface area contributed by atoms with Gasteiger partial charge in [-0.3, -0.25) is 0 Å². The van der Waals surface area contributed by atoms with Gasteiger partial charge in [0.05, 0.1) is 19.8 Å². The SMILES string of the molecule is CCNC(=NCc1ccc(OC2CCCC2)c(OC)c1)NCCn1cccc1. The number of aromatic nitrogens is 1. The summed E-state index contributed by atoms with van der Waals surface area (Å²) in [6.45, 7) is 5.20. The van der Waals surface area contributed by atoms with Crippen LogP contribution >= 0.6 is 0 Å². The molecule has 28 heavy (non-hydrogen) atoms. The summed E-state index contributed by atoms with van der Waals surface area (Å²) in [5.41, 5.74) is 1.10. The maximum Gasteiger partial charge on any atom is 0.191 e. The van der Waals surface area contributed by atoms with Gasteiger partial charge in [-0.15, -0.1) is 0 Å². The minimum absolute atomic E-state index is 0.322.